The second-order valence-corrected chi connectivity index (χ2v) is 8.01. The molecule has 3 nitrogen and oxygen atoms in total. The molecule has 0 saturated carbocycles. The minimum atomic E-state index is 0.386. The summed E-state index contributed by atoms with van der Waals surface area (Å²) in [6.07, 6.45) is 3.72. The van der Waals surface area contributed by atoms with Gasteiger partial charge in [0.2, 0.25) is 0 Å². The Labute approximate surface area is 152 Å². The number of ether oxygens (including phenoxy) is 1. The topological polar surface area (TPSA) is 25.4 Å². The normalized spacial score (nSPS) is 17.6. The van der Waals surface area contributed by atoms with Gasteiger partial charge in [0.1, 0.15) is 12.4 Å². The minimum absolute atomic E-state index is 0.386. The average molecular weight is 350 g/mol. The number of aromatic nitrogens is 1. The Balaban J connectivity index is 1.62. The third-order valence-corrected chi connectivity index (χ3v) is 5.67. The summed E-state index contributed by atoms with van der Waals surface area (Å²) in [5, 5.41) is 0. The Morgan fingerprint density at radius 2 is 2.12 bits per heavy atom. The summed E-state index contributed by atoms with van der Waals surface area (Å²) in [5.41, 5.74) is 3.58. The summed E-state index contributed by atoms with van der Waals surface area (Å²) in [6.45, 7) is 7.01. The van der Waals surface area contributed by atoms with E-state index in [1.165, 1.54) is 20.9 Å². The largest absolute Gasteiger partial charge is 0.492 e. The molecule has 1 aliphatic rings. The van der Waals surface area contributed by atoms with Crippen LogP contribution in [0.15, 0.2) is 54.9 Å². The molecule has 0 amide bonds. The van der Waals surface area contributed by atoms with Crippen molar-refractivity contribution in [2.45, 2.75) is 33.0 Å². The molecule has 128 valence electrons. The number of benzene rings is 1. The Kier molecular flexibility index (Phi) is 4.55. The molecule has 0 unspecified atom stereocenters. The Bertz CT molecular complexity index is 859. The summed E-state index contributed by atoms with van der Waals surface area (Å²) in [6, 6.07) is 15.4. The van der Waals surface area contributed by atoms with Crippen LogP contribution in [0.4, 0.5) is 0 Å². The smallest absolute Gasteiger partial charge is 0.123 e. The second-order valence-electron chi connectivity index (χ2n) is 6.64. The van der Waals surface area contributed by atoms with E-state index >= 15 is 0 Å². The number of aryl methyl sites for hydroxylation is 1. The fraction of sp³-hybridized carbons (Fsp3) is 0.286. The van der Waals surface area contributed by atoms with Crippen LogP contribution in [0.3, 0.4) is 0 Å². The van der Waals surface area contributed by atoms with Gasteiger partial charge in [-0.1, -0.05) is 12.1 Å². The number of nitrogens with zero attached hydrogens (tertiary/aromatic N) is 2. The van der Waals surface area contributed by atoms with Gasteiger partial charge in [-0.2, -0.15) is 0 Å². The molecular formula is C21H22N2OS. The molecule has 4 rings (SSSR count). The molecule has 1 aromatic carbocycles. The lowest BCUT2D eigenvalue weighted by Crippen LogP contribution is -2.34. The molecule has 4 heteroatoms. The van der Waals surface area contributed by atoms with Crippen molar-refractivity contribution in [2.75, 3.05) is 6.61 Å². The van der Waals surface area contributed by atoms with Gasteiger partial charge < -0.3 is 4.74 Å². The highest BCUT2D eigenvalue weighted by Gasteiger charge is 2.22. The Morgan fingerprint density at radius 1 is 1.20 bits per heavy atom. The zero-order valence-corrected chi connectivity index (χ0v) is 15.4. The van der Waals surface area contributed by atoms with E-state index in [1.807, 2.05) is 29.8 Å². The Hall–Kier alpha value is -2.17. The predicted octanol–water partition coefficient (Wildman–Crippen LogP) is 4.90. The molecule has 1 atom stereocenters. The average Bonchev–Trinajstić information content (AvgIpc) is 2.98. The van der Waals surface area contributed by atoms with Crippen molar-refractivity contribution in [2.24, 2.45) is 0 Å². The van der Waals surface area contributed by atoms with Crippen LogP contribution in [0.5, 0.6) is 5.75 Å². The lowest BCUT2D eigenvalue weighted by Gasteiger charge is -2.25. The van der Waals surface area contributed by atoms with Crippen molar-refractivity contribution < 1.29 is 4.74 Å². The fourth-order valence-corrected chi connectivity index (χ4v) is 4.15. The van der Waals surface area contributed by atoms with Crippen LogP contribution in [-0.2, 0) is 13.1 Å². The maximum Gasteiger partial charge on any atom is 0.123 e. The number of rotatable bonds is 3. The van der Waals surface area contributed by atoms with Crippen LogP contribution in [0.1, 0.15) is 22.2 Å². The van der Waals surface area contributed by atoms with Crippen LogP contribution in [-0.4, -0.2) is 22.5 Å². The number of pyridine rings is 1. The number of fused-ring (bicyclic) bond motifs is 1. The first-order chi connectivity index (χ1) is 12.2. The number of hydrogen-bond donors (Lipinski definition) is 0. The number of hydrogen-bond acceptors (Lipinski definition) is 4. The first-order valence-corrected chi connectivity index (χ1v) is 9.46. The van der Waals surface area contributed by atoms with Gasteiger partial charge in [-0.3, -0.25) is 9.88 Å². The molecule has 25 heavy (non-hydrogen) atoms. The van der Waals surface area contributed by atoms with Crippen LogP contribution in [0, 0.1) is 6.92 Å². The van der Waals surface area contributed by atoms with Crippen LogP contribution in [0.25, 0.3) is 11.1 Å². The van der Waals surface area contributed by atoms with Crippen LogP contribution in [0.2, 0.25) is 0 Å². The lowest BCUT2D eigenvalue weighted by atomic mass is 10.0. The van der Waals surface area contributed by atoms with Crippen molar-refractivity contribution in [3.8, 4) is 16.9 Å². The van der Waals surface area contributed by atoms with E-state index in [9.17, 15) is 0 Å². The van der Waals surface area contributed by atoms with Gasteiger partial charge in [-0.15, -0.1) is 11.3 Å². The van der Waals surface area contributed by atoms with Crippen molar-refractivity contribution in [1.82, 2.24) is 9.88 Å². The highest BCUT2D eigenvalue weighted by atomic mass is 32.1. The van der Waals surface area contributed by atoms with E-state index in [1.54, 1.807) is 0 Å². The summed E-state index contributed by atoms with van der Waals surface area (Å²) in [7, 11) is 0. The van der Waals surface area contributed by atoms with Gasteiger partial charge in [-0.25, -0.2) is 0 Å². The molecule has 0 bridgehead atoms. The third-order valence-electron chi connectivity index (χ3n) is 4.69. The monoisotopic (exact) mass is 350 g/mol. The van der Waals surface area contributed by atoms with Gasteiger partial charge in [-0.05, 0) is 49.7 Å². The quantitative estimate of drug-likeness (QED) is 0.672. The molecule has 0 aliphatic carbocycles. The summed E-state index contributed by atoms with van der Waals surface area (Å²) in [4.78, 5) is 9.52. The summed E-state index contributed by atoms with van der Waals surface area (Å²) >= 11 is 1.88. The van der Waals surface area contributed by atoms with Crippen molar-refractivity contribution in [1.29, 1.82) is 0 Å². The summed E-state index contributed by atoms with van der Waals surface area (Å²) < 4.78 is 6.07. The van der Waals surface area contributed by atoms with Crippen molar-refractivity contribution in [3.63, 3.8) is 0 Å². The summed E-state index contributed by atoms with van der Waals surface area (Å²) in [5.74, 6) is 1.00. The van der Waals surface area contributed by atoms with E-state index < -0.39 is 0 Å². The highest BCUT2D eigenvalue weighted by Crippen LogP contribution is 2.31. The third kappa shape index (κ3) is 3.60. The van der Waals surface area contributed by atoms with Gasteiger partial charge >= 0.3 is 0 Å². The molecule has 1 aliphatic heterocycles. The molecule has 0 radical (unpaired) electrons. The molecule has 3 heterocycles. The van der Waals surface area contributed by atoms with E-state index in [0.29, 0.717) is 6.04 Å². The van der Waals surface area contributed by atoms with Gasteiger partial charge in [0.15, 0.2) is 0 Å². The molecular weight excluding hydrogens is 328 g/mol. The molecule has 2 aromatic heterocycles. The SMILES string of the molecule is Cc1ccc(CN2Cc3cc(-c4cccnc4)ccc3OC[C@@H]2C)s1. The lowest BCUT2D eigenvalue weighted by molar-refractivity contribution is 0.152. The maximum atomic E-state index is 6.07. The standard InChI is InChI=1S/C21H22N2OS/c1-15-14-24-21-8-6-17(18-4-3-9-22-11-18)10-19(21)12-23(15)13-20-7-5-16(2)25-20/h3-11,15H,12-14H2,1-2H3/t15-/m0/s1. The first-order valence-electron chi connectivity index (χ1n) is 8.64. The zero-order valence-electron chi connectivity index (χ0n) is 14.6. The van der Waals surface area contributed by atoms with E-state index in [4.69, 9.17) is 4.74 Å². The van der Waals surface area contributed by atoms with Gasteiger partial charge in [0.25, 0.3) is 0 Å². The van der Waals surface area contributed by atoms with Crippen molar-refractivity contribution in [3.05, 3.63) is 70.2 Å². The van der Waals surface area contributed by atoms with Gasteiger partial charge in [0.05, 0.1) is 0 Å². The molecule has 0 N–H and O–H groups in total. The fourth-order valence-electron chi connectivity index (χ4n) is 3.23. The Morgan fingerprint density at radius 3 is 2.88 bits per heavy atom. The first kappa shape index (κ1) is 16.3. The van der Waals surface area contributed by atoms with E-state index in [-0.39, 0.29) is 0 Å². The molecule has 0 saturated heterocycles. The molecule has 0 spiro atoms. The second kappa shape index (κ2) is 6.98. The van der Waals surface area contributed by atoms with Crippen LogP contribution >= 0.6 is 11.3 Å². The molecule has 0 fully saturated rings. The van der Waals surface area contributed by atoms with Crippen molar-refractivity contribution >= 4 is 11.3 Å². The van der Waals surface area contributed by atoms with Gasteiger partial charge in [0, 0.05) is 52.4 Å². The van der Waals surface area contributed by atoms with Crippen LogP contribution < -0.4 is 4.74 Å². The maximum absolute atomic E-state index is 6.07. The molecule has 3 aromatic rings. The predicted molar refractivity (Wildman–Crippen MR) is 103 cm³/mol. The van der Waals surface area contributed by atoms with E-state index in [2.05, 4.69) is 60.1 Å². The highest BCUT2D eigenvalue weighted by molar-refractivity contribution is 7.11. The minimum Gasteiger partial charge on any atom is -0.492 e. The van der Waals surface area contributed by atoms with E-state index in [0.717, 1.165) is 31.0 Å². The number of thiophene rings is 1. The zero-order chi connectivity index (χ0) is 17.2.